The standard InChI is InChI=1S/C21H23N3O4/c22-21(26)23-16-7-4-14(5-8-16)20(25)24-10-1-3-17(24)15-6-9-18-19(13-15)28-12-2-11-27-18/h4-9,13,17H,1-3,10-12H2,(H3,22,23,26)/t17-/m1/s1. The van der Waals surface area contributed by atoms with Crippen LogP contribution in [0.5, 0.6) is 11.5 Å². The molecule has 0 bridgehead atoms. The maximum Gasteiger partial charge on any atom is 0.316 e. The summed E-state index contributed by atoms with van der Waals surface area (Å²) in [6.07, 6.45) is 2.72. The molecule has 7 nitrogen and oxygen atoms in total. The first kappa shape index (κ1) is 18.2. The first-order chi connectivity index (χ1) is 13.6. The lowest BCUT2D eigenvalue weighted by atomic mass is 10.0. The molecule has 0 radical (unpaired) electrons. The van der Waals surface area contributed by atoms with Gasteiger partial charge in [0.15, 0.2) is 11.5 Å². The van der Waals surface area contributed by atoms with E-state index in [0.29, 0.717) is 31.0 Å². The number of hydrogen-bond acceptors (Lipinski definition) is 4. The second-order valence-corrected chi connectivity index (χ2v) is 6.98. The van der Waals surface area contributed by atoms with Crippen LogP contribution in [0.25, 0.3) is 0 Å². The fourth-order valence-electron chi connectivity index (χ4n) is 3.75. The van der Waals surface area contributed by atoms with Crippen LogP contribution in [-0.4, -0.2) is 36.6 Å². The van der Waals surface area contributed by atoms with Crippen molar-refractivity contribution in [2.24, 2.45) is 5.73 Å². The highest BCUT2D eigenvalue weighted by Crippen LogP contribution is 2.38. The maximum atomic E-state index is 13.1. The molecule has 3 N–H and O–H groups in total. The largest absolute Gasteiger partial charge is 0.490 e. The number of nitrogens with two attached hydrogens (primary N) is 1. The lowest BCUT2D eigenvalue weighted by molar-refractivity contribution is 0.0735. The Kier molecular flexibility index (Phi) is 5.06. The van der Waals surface area contributed by atoms with E-state index in [2.05, 4.69) is 5.32 Å². The van der Waals surface area contributed by atoms with Crippen molar-refractivity contribution in [2.75, 3.05) is 25.1 Å². The molecule has 0 unspecified atom stereocenters. The van der Waals surface area contributed by atoms with E-state index in [1.807, 2.05) is 23.1 Å². The van der Waals surface area contributed by atoms with E-state index < -0.39 is 6.03 Å². The van der Waals surface area contributed by atoms with Crippen LogP contribution in [0.15, 0.2) is 42.5 Å². The van der Waals surface area contributed by atoms with Gasteiger partial charge in [-0.25, -0.2) is 4.79 Å². The summed E-state index contributed by atoms with van der Waals surface area (Å²) >= 11 is 0. The van der Waals surface area contributed by atoms with Crippen LogP contribution in [0.4, 0.5) is 10.5 Å². The highest BCUT2D eigenvalue weighted by atomic mass is 16.5. The minimum Gasteiger partial charge on any atom is -0.490 e. The molecule has 1 fully saturated rings. The number of likely N-dealkylation sites (tertiary alicyclic amines) is 1. The first-order valence-electron chi connectivity index (χ1n) is 9.49. The Bertz CT molecular complexity index is 882. The molecule has 2 heterocycles. The zero-order valence-electron chi connectivity index (χ0n) is 15.5. The Hall–Kier alpha value is -3.22. The smallest absolute Gasteiger partial charge is 0.316 e. The van der Waals surface area contributed by atoms with Gasteiger partial charge in [-0.3, -0.25) is 4.79 Å². The Morgan fingerprint density at radius 1 is 1.00 bits per heavy atom. The average molecular weight is 381 g/mol. The van der Waals surface area contributed by atoms with Crippen molar-refractivity contribution in [2.45, 2.75) is 25.3 Å². The summed E-state index contributed by atoms with van der Waals surface area (Å²) in [7, 11) is 0. The first-order valence-corrected chi connectivity index (χ1v) is 9.49. The zero-order valence-corrected chi connectivity index (χ0v) is 15.5. The summed E-state index contributed by atoms with van der Waals surface area (Å²) in [5.41, 5.74) is 7.32. The number of urea groups is 1. The van der Waals surface area contributed by atoms with Crippen molar-refractivity contribution < 1.29 is 19.1 Å². The third-order valence-electron chi connectivity index (χ3n) is 5.07. The number of amides is 3. The quantitative estimate of drug-likeness (QED) is 0.853. The van der Waals surface area contributed by atoms with Crippen LogP contribution in [-0.2, 0) is 0 Å². The second-order valence-electron chi connectivity index (χ2n) is 6.98. The molecule has 2 aliphatic rings. The van der Waals surface area contributed by atoms with Gasteiger partial charge >= 0.3 is 6.03 Å². The number of fused-ring (bicyclic) bond motifs is 1. The zero-order chi connectivity index (χ0) is 19.5. The van der Waals surface area contributed by atoms with Gasteiger partial charge in [-0.05, 0) is 54.8 Å². The predicted octanol–water partition coefficient (Wildman–Crippen LogP) is 3.32. The molecule has 3 amide bonds. The minimum atomic E-state index is -0.631. The van der Waals surface area contributed by atoms with E-state index in [1.165, 1.54) is 0 Å². The summed E-state index contributed by atoms with van der Waals surface area (Å²) in [6, 6.07) is 12.1. The fourth-order valence-corrected chi connectivity index (χ4v) is 3.75. The van der Waals surface area contributed by atoms with E-state index in [1.54, 1.807) is 24.3 Å². The maximum absolute atomic E-state index is 13.1. The SMILES string of the molecule is NC(=O)Nc1ccc(C(=O)N2CCC[C@@H]2c2ccc3c(c2)OCCCO3)cc1. The van der Waals surface area contributed by atoms with Gasteiger partial charge in [-0.2, -0.15) is 0 Å². The summed E-state index contributed by atoms with van der Waals surface area (Å²) in [5, 5.41) is 2.50. The topological polar surface area (TPSA) is 93.9 Å². The fraction of sp³-hybridized carbons (Fsp3) is 0.333. The van der Waals surface area contributed by atoms with Gasteiger partial charge in [0.05, 0.1) is 19.3 Å². The molecule has 2 aliphatic heterocycles. The monoisotopic (exact) mass is 381 g/mol. The molecule has 1 atom stereocenters. The molecule has 2 aromatic rings. The Labute approximate surface area is 163 Å². The van der Waals surface area contributed by atoms with E-state index >= 15 is 0 Å². The Morgan fingerprint density at radius 3 is 2.50 bits per heavy atom. The van der Waals surface area contributed by atoms with Crippen LogP contribution in [0.2, 0.25) is 0 Å². The number of nitrogens with zero attached hydrogens (tertiary/aromatic N) is 1. The number of benzene rings is 2. The molecule has 0 aromatic heterocycles. The lowest BCUT2D eigenvalue weighted by Crippen LogP contribution is -2.30. The molecule has 7 heteroatoms. The van der Waals surface area contributed by atoms with Crippen molar-refractivity contribution in [1.82, 2.24) is 4.90 Å². The van der Waals surface area contributed by atoms with E-state index in [0.717, 1.165) is 36.3 Å². The third-order valence-corrected chi connectivity index (χ3v) is 5.07. The molecule has 0 aliphatic carbocycles. The van der Waals surface area contributed by atoms with Gasteiger partial charge in [0.2, 0.25) is 0 Å². The van der Waals surface area contributed by atoms with E-state index in [4.69, 9.17) is 15.2 Å². The van der Waals surface area contributed by atoms with Crippen molar-refractivity contribution >= 4 is 17.6 Å². The lowest BCUT2D eigenvalue weighted by Gasteiger charge is -2.26. The van der Waals surface area contributed by atoms with Crippen molar-refractivity contribution in [1.29, 1.82) is 0 Å². The van der Waals surface area contributed by atoms with Gasteiger partial charge in [-0.1, -0.05) is 6.07 Å². The van der Waals surface area contributed by atoms with Gasteiger partial charge in [0.25, 0.3) is 5.91 Å². The number of carbonyl (C=O) groups excluding carboxylic acids is 2. The van der Waals surface area contributed by atoms with Crippen LogP contribution in [0, 0.1) is 0 Å². The second kappa shape index (κ2) is 7.80. The third kappa shape index (κ3) is 3.74. The van der Waals surface area contributed by atoms with Gasteiger partial charge in [-0.15, -0.1) is 0 Å². The number of anilines is 1. The predicted molar refractivity (Wildman–Crippen MR) is 105 cm³/mol. The molecule has 0 spiro atoms. The number of ether oxygens (including phenoxy) is 2. The van der Waals surface area contributed by atoms with E-state index in [-0.39, 0.29) is 11.9 Å². The van der Waals surface area contributed by atoms with Crippen LogP contribution in [0.3, 0.4) is 0 Å². The molecule has 146 valence electrons. The number of nitrogens with one attached hydrogen (secondary N) is 1. The molecule has 4 rings (SSSR count). The number of rotatable bonds is 3. The molecule has 1 saturated heterocycles. The normalized spacial score (nSPS) is 18.4. The van der Waals surface area contributed by atoms with Crippen molar-refractivity contribution in [3.05, 3.63) is 53.6 Å². The van der Waals surface area contributed by atoms with Gasteiger partial charge in [0, 0.05) is 24.2 Å². The number of hydrogen-bond donors (Lipinski definition) is 2. The Morgan fingerprint density at radius 2 is 1.75 bits per heavy atom. The molecule has 0 saturated carbocycles. The molecular formula is C21H23N3O4. The average Bonchev–Trinajstić information content (AvgIpc) is 3.06. The van der Waals surface area contributed by atoms with Crippen LogP contribution >= 0.6 is 0 Å². The van der Waals surface area contributed by atoms with Crippen molar-refractivity contribution in [3.8, 4) is 11.5 Å². The summed E-state index contributed by atoms with van der Waals surface area (Å²) in [6.45, 7) is 2.00. The van der Waals surface area contributed by atoms with E-state index in [9.17, 15) is 9.59 Å². The summed E-state index contributed by atoms with van der Waals surface area (Å²) in [4.78, 5) is 25.9. The summed E-state index contributed by atoms with van der Waals surface area (Å²) < 4.78 is 11.5. The number of carbonyl (C=O) groups is 2. The van der Waals surface area contributed by atoms with Crippen LogP contribution < -0.4 is 20.5 Å². The van der Waals surface area contributed by atoms with Gasteiger partial charge < -0.3 is 25.4 Å². The highest BCUT2D eigenvalue weighted by molar-refractivity contribution is 5.95. The molecule has 28 heavy (non-hydrogen) atoms. The highest BCUT2D eigenvalue weighted by Gasteiger charge is 2.31. The van der Waals surface area contributed by atoms with Crippen molar-refractivity contribution in [3.63, 3.8) is 0 Å². The summed E-state index contributed by atoms with van der Waals surface area (Å²) in [5.74, 6) is 1.48. The Balaban J connectivity index is 1.54. The van der Waals surface area contributed by atoms with Gasteiger partial charge in [0.1, 0.15) is 0 Å². The van der Waals surface area contributed by atoms with Crippen LogP contribution in [0.1, 0.15) is 41.2 Å². The minimum absolute atomic E-state index is 0.00748. The number of primary amides is 1. The molecular weight excluding hydrogens is 358 g/mol. The molecule has 2 aromatic carbocycles.